The molecule has 0 aromatic carbocycles. The fraction of sp³-hybridized carbons (Fsp3) is 0.737. The van der Waals surface area contributed by atoms with Gasteiger partial charge in [-0.3, -0.25) is 0 Å². The van der Waals surface area contributed by atoms with E-state index in [0.717, 1.165) is 11.3 Å². The number of hydrogen-bond acceptors (Lipinski definition) is 7. The molecule has 0 aliphatic carbocycles. The maximum Gasteiger partial charge on any atom is 0.507 e. The third-order valence-electron chi connectivity index (χ3n) is 4.78. The van der Waals surface area contributed by atoms with E-state index in [0.29, 0.717) is 15.4 Å². The largest absolute Gasteiger partial charge is 0.507 e. The van der Waals surface area contributed by atoms with Gasteiger partial charge in [0.15, 0.2) is 0 Å². The number of rotatable bonds is 2. The van der Waals surface area contributed by atoms with Gasteiger partial charge in [0.1, 0.15) is 5.60 Å². The van der Waals surface area contributed by atoms with E-state index in [1.54, 1.807) is 20.8 Å². The van der Waals surface area contributed by atoms with Crippen molar-refractivity contribution < 1.29 is 28.7 Å². The Labute approximate surface area is 176 Å². The number of nitrogens with zero attached hydrogens (tertiary/aromatic N) is 2. The summed E-state index contributed by atoms with van der Waals surface area (Å²) >= 11 is 1.06. The molecule has 0 atom stereocenters. The van der Waals surface area contributed by atoms with Gasteiger partial charge >= 0.3 is 19.3 Å². The lowest BCUT2D eigenvalue weighted by atomic mass is 9.79. The molecule has 1 fully saturated rings. The molecule has 0 saturated carbocycles. The molecule has 0 bridgehead atoms. The summed E-state index contributed by atoms with van der Waals surface area (Å²) in [5, 5.41) is 9.66. The van der Waals surface area contributed by atoms with Gasteiger partial charge in [0.25, 0.3) is 0 Å². The highest BCUT2D eigenvalue weighted by atomic mass is 32.1. The van der Waals surface area contributed by atoms with Crippen LogP contribution in [0.5, 0.6) is 0 Å². The van der Waals surface area contributed by atoms with E-state index in [1.807, 2.05) is 48.5 Å². The topological polar surface area (TPSA) is 98.2 Å². The van der Waals surface area contributed by atoms with Crippen molar-refractivity contribution >= 4 is 40.5 Å². The van der Waals surface area contributed by atoms with Crippen LogP contribution in [0, 0.1) is 0 Å². The highest BCUT2D eigenvalue weighted by Gasteiger charge is 2.54. The van der Waals surface area contributed by atoms with Crippen molar-refractivity contribution in [3.8, 4) is 0 Å². The van der Waals surface area contributed by atoms with Crippen molar-refractivity contribution in [3.63, 3.8) is 0 Å². The molecule has 0 radical (unpaired) electrons. The zero-order valence-corrected chi connectivity index (χ0v) is 19.7. The number of carbonyl (C=O) groups excluding carboxylic acids is 1. The third-order valence-corrected chi connectivity index (χ3v) is 5.84. The molecular weight excluding hydrogens is 395 g/mol. The van der Waals surface area contributed by atoms with Gasteiger partial charge in [-0.05, 0) is 48.5 Å². The average molecular weight is 426 g/mol. The van der Waals surface area contributed by atoms with Crippen LogP contribution in [0.2, 0.25) is 0 Å². The number of imide groups is 1. The monoisotopic (exact) mass is 426 g/mol. The van der Waals surface area contributed by atoms with Gasteiger partial charge in [-0.2, -0.15) is 4.90 Å². The maximum atomic E-state index is 12.5. The fourth-order valence-electron chi connectivity index (χ4n) is 2.61. The summed E-state index contributed by atoms with van der Waals surface area (Å²) in [6.45, 7) is 18.6. The first-order chi connectivity index (χ1) is 12.9. The van der Waals surface area contributed by atoms with Gasteiger partial charge < -0.3 is 19.2 Å². The predicted octanol–water partition coefficient (Wildman–Crippen LogP) is 4.16. The Balaban J connectivity index is 2.53. The number of amides is 2. The lowest BCUT2D eigenvalue weighted by Crippen LogP contribution is -2.41. The van der Waals surface area contributed by atoms with Crippen LogP contribution in [-0.4, -0.2) is 46.2 Å². The van der Waals surface area contributed by atoms with E-state index >= 15 is 0 Å². The van der Waals surface area contributed by atoms with Crippen LogP contribution >= 0.6 is 11.3 Å². The van der Waals surface area contributed by atoms with E-state index in [-0.39, 0.29) is 5.13 Å². The summed E-state index contributed by atoms with van der Waals surface area (Å²) < 4.78 is 18.2. The van der Waals surface area contributed by atoms with Gasteiger partial charge in [-0.1, -0.05) is 20.8 Å². The summed E-state index contributed by atoms with van der Waals surface area (Å²) in [5.41, 5.74) is -1.77. The standard InChI is InChI=1S/C19H31BN2O6S/c1-16(2,3)11-12(20-27-18(7,8)19(9,10)28-20)29-13(21-11)22(14(23)24)15(25)26-17(4,5)6/h1-10H3,(H,23,24). The van der Waals surface area contributed by atoms with E-state index in [2.05, 4.69) is 4.98 Å². The fourth-order valence-corrected chi connectivity index (χ4v) is 3.83. The highest BCUT2D eigenvalue weighted by Crippen LogP contribution is 2.39. The molecule has 162 valence electrons. The van der Waals surface area contributed by atoms with Crippen LogP contribution in [0.15, 0.2) is 0 Å². The molecule has 8 nitrogen and oxygen atoms in total. The molecule has 1 aliphatic heterocycles. The number of aromatic nitrogens is 1. The highest BCUT2D eigenvalue weighted by molar-refractivity contribution is 7.25. The Morgan fingerprint density at radius 3 is 1.93 bits per heavy atom. The van der Waals surface area contributed by atoms with Crippen LogP contribution in [-0.2, 0) is 19.5 Å². The lowest BCUT2D eigenvalue weighted by molar-refractivity contribution is 0.00578. The zero-order chi connectivity index (χ0) is 22.6. The molecule has 2 amide bonds. The first-order valence-electron chi connectivity index (χ1n) is 9.48. The number of ether oxygens (including phenoxy) is 1. The molecule has 29 heavy (non-hydrogen) atoms. The van der Waals surface area contributed by atoms with Crippen molar-refractivity contribution in [3.05, 3.63) is 5.69 Å². The zero-order valence-electron chi connectivity index (χ0n) is 18.9. The van der Waals surface area contributed by atoms with Crippen molar-refractivity contribution in [2.24, 2.45) is 0 Å². The third kappa shape index (κ3) is 4.92. The number of anilines is 1. The summed E-state index contributed by atoms with van der Waals surface area (Å²) in [7, 11) is -0.713. The first-order valence-corrected chi connectivity index (χ1v) is 10.3. The van der Waals surface area contributed by atoms with E-state index < -0.39 is 41.5 Å². The van der Waals surface area contributed by atoms with E-state index in [1.165, 1.54) is 0 Å². The minimum absolute atomic E-state index is 0.00128. The molecule has 2 rings (SSSR count). The second kappa shape index (κ2) is 7.25. The molecule has 1 aliphatic rings. The molecule has 1 saturated heterocycles. The maximum absolute atomic E-state index is 12.5. The van der Waals surface area contributed by atoms with Gasteiger partial charge in [-0.25, -0.2) is 14.6 Å². The Morgan fingerprint density at radius 1 is 1.07 bits per heavy atom. The number of hydrogen-bond donors (Lipinski definition) is 1. The molecular formula is C19H31BN2O6S. The summed E-state index contributed by atoms with van der Waals surface area (Å²) in [6, 6.07) is 0. The summed E-state index contributed by atoms with van der Waals surface area (Å²) in [6.07, 6.45) is -2.46. The Hall–Kier alpha value is -1.65. The predicted molar refractivity (Wildman–Crippen MR) is 113 cm³/mol. The minimum atomic E-state index is -1.46. The van der Waals surface area contributed by atoms with Crippen molar-refractivity contribution in [1.29, 1.82) is 0 Å². The molecule has 2 heterocycles. The normalized spacial score (nSPS) is 18.6. The summed E-state index contributed by atoms with van der Waals surface area (Å²) in [5.74, 6) is 0. The lowest BCUT2D eigenvalue weighted by Gasteiger charge is -2.32. The average Bonchev–Trinajstić information content (AvgIpc) is 2.96. The van der Waals surface area contributed by atoms with Gasteiger partial charge in [-0.15, -0.1) is 11.3 Å². The van der Waals surface area contributed by atoms with E-state index in [9.17, 15) is 14.7 Å². The molecule has 0 spiro atoms. The van der Waals surface area contributed by atoms with Crippen LogP contribution in [0.25, 0.3) is 0 Å². The minimum Gasteiger partial charge on any atom is -0.464 e. The van der Waals surface area contributed by atoms with Gasteiger partial charge in [0.05, 0.1) is 21.7 Å². The van der Waals surface area contributed by atoms with Crippen LogP contribution < -0.4 is 9.68 Å². The number of carboxylic acid groups (broad SMARTS) is 1. The van der Waals surface area contributed by atoms with Crippen molar-refractivity contribution in [1.82, 2.24) is 4.98 Å². The Kier molecular flexibility index (Phi) is 5.90. The van der Waals surface area contributed by atoms with Crippen molar-refractivity contribution in [2.45, 2.75) is 91.5 Å². The Bertz CT molecular complexity index is 791. The second-order valence-electron chi connectivity index (χ2n) is 10.1. The molecule has 1 N–H and O–H groups in total. The van der Waals surface area contributed by atoms with Crippen molar-refractivity contribution in [2.75, 3.05) is 4.90 Å². The first kappa shape index (κ1) is 23.6. The molecule has 1 aromatic heterocycles. The second-order valence-corrected chi connectivity index (χ2v) is 11.2. The smallest absolute Gasteiger partial charge is 0.464 e. The molecule has 0 unspecified atom stereocenters. The van der Waals surface area contributed by atoms with Crippen LogP contribution in [0.4, 0.5) is 14.7 Å². The number of thiazole rings is 1. The molecule has 1 aromatic rings. The SMILES string of the molecule is CC(C)(C)OC(=O)N(C(=O)O)c1nc(C(C)(C)C)c(B2OC(C)(C)C(C)(C)O2)s1. The Morgan fingerprint density at radius 2 is 1.55 bits per heavy atom. The van der Waals surface area contributed by atoms with Gasteiger partial charge in [0, 0.05) is 5.41 Å². The van der Waals surface area contributed by atoms with Gasteiger partial charge in [0.2, 0.25) is 5.13 Å². The molecule has 10 heteroatoms. The quantitative estimate of drug-likeness (QED) is 0.709. The van der Waals surface area contributed by atoms with E-state index in [4.69, 9.17) is 14.0 Å². The number of carbonyl (C=O) groups is 2. The van der Waals surface area contributed by atoms with Crippen LogP contribution in [0.1, 0.15) is 74.9 Å². The van der Waals surface area contributed by atoms with Crippen LogP contribution in [0.3, 0.4) is 0 Å². The summed E-state index contributed by atoms with van der Waals surface area (Å²) in [4.78, 5) is 29.4.